The third kappa shape index (κ3) is 3.81. The van der Waals surface area contributed by atoms with Crippen LogP contribution in [-0.4, -0.2) is 16.8 Å². The summed E-state index contributed by atoms with van der Waals surface area (Å²) in [6, 6.07) is 15.2. The number of benzene rings is 2. The molecule has 2 aromatic carbocycles. The van der Waals surface area contributed by atoms with Crippen LogP contribution < -0.4 is 20.1 Å². The predicted molar refractivity (Wildman–Crippen MR) is 101 cm³/mol. The number of aryl methyl sites for hydroxylation is 1. The van der Waals surface area contributed by atoms with Crippen molar-refractivity contribution in [2.24, 2.45) is 0 Å². The Morgan fingerprint density at radius 3 is 2.81 bits per heavy atom. The van der Waals surface area contributed by atoms with E-state index in [1.807, 2.05) is 55.5 Å². The zero-order valence-corrected chi connectivity index (χ0v) is 14.9. The molecular formula is C19H17ClN4O2. The summed E-state index contributed by atoms with van der Waals surface area (Å²) in [5, 5.41) is 7.16. The largest absolute Gasteiger partial charge is 0.454 e. The second-order valence-electron chi connectivity index (χ2n) is 5.89. The number of anilines is 3. The van der Waals surface area contributed by atoms with E-state index in [0.717, 1.165) is 28.4 Å². The molecule has 132 valence electrons. The van der Waals surface area contributed by atoms with Crippen molar-refractivity contribution >= 4 is 29.1 Å². The summed E-state index contributed by atoms with van der Waals surface area (Å²) in [6.07, 6.45) is 0. The maximum Gasteiger partial charge on any atom is 0.231 e. The van der Waals surface area contributed by atoms with Gasteiger partial charge in [-0.3, -0.25) is 0 Å². The van der Waals surface area contributed by atoms with Crippen LogP contribution in [0.25, 0.3) is 0 Å². The topological polar surface area (TPSA) is 68.3 Å². The fourth-order valence-electron chi connectivity index (χ4n) is 2.66. The molecule has 7 heteroatoms. The van der Waals surface area contributed by atoms with Gasteiger partial charge in [0.25, 0.3) is 0 Å². The molecule has 4 rings (SSSR count). The summed E-state index contributed by atoms with van der Waals surface area (Å²) in [4.78, 5) is 8.95. The highest BCUT2D eigenvalue weighted by atomic mass is 35.5. The number of fused-ring (bicyclic) bond motifs is 1. The first-order chi connectivity index (χ1) is 12.7. The Balaban J connectivity index is 1.47. The Labute approximate surface area is 156 Å². The molecule has 0 radical (unpaired) electrons. The highest BCUT2D eigenvalue weighted by molar-refractivity contribution is 6.30. The molecule has 0 bridgehead atoms. The van der Waals surface area contributed by atoms with Gasteiger partial charge < -0.3 is 20.1 Å². The number of ether oxygens (including phenoxy) is 2. The van der Waals surface area contributed by atoms with Crippen molar-refractivity contribution in [3.63, 3.8) is 0 Å². The average Bonchev–Trinajstić information content (AvgIpc) is 3.07. The van der Waals surface area contributed by atoms with E-state index in [4.69, 9.17) is 21.1 Å². The molecule has 0 amide bonds. The van der Waals surface area contributed by atoms with Crippen molar-refractivity contribution in [2.75, 3.05) is 17.4 Å². The fraction of sp³-hybridized carbons (Fsp3) is 0.158. The third-order valence-electron chi connectivity index (χ3n) is 3.84. The normalized spacial score (nSPS) is 12.1. The molecule has 2 N–H and O–H groups in total. The molecule has 0 fully saturated rings. The van der Waals surface area contributed by atoms with Crippen molar-refractivity contribution in [3.8, 4) is 11.5 Å². The molecule has 0 atom stereocenters. The van der Waals surface area contributed by atoms with Gasteiger partial charge in [-0.25, -0.2) is 4.98 Å². The molecule has 0 saturated carbocycles. The highest BCUT2D eigenvalue weighted by Gasteiger charge is 2.13. The Hall–Kier alpha value is -2.99. The van der Waals surface area contributed by atoms with Gasteiger partial charge in [0.15, 0.2) is 11.5 Å². The number of hydrogen-bond donors (Lipinski definition) is 2. The first-order valence-electron chi connectivity index (χ1n) is 8.16. The van der Waals surface area contributed by atoms with Gasteiger partial charge in [-0.05, 0) is 42.8 Å². The Morgan fingerprint density at radius 2 is 1.92 bits per heavy atom. The minimum Gasteiger partial charge on any atom is -0.454 e. The lowest BCUT2D eigenvalue weighted by Gasteiger charge is -2.10. The van der Waals surface area contributed by atoms with Crippen LogP contribution in [0, 0.1) is 6.92 Å². The first kappa shape index (κ1) is 16.5. The summed E-state index contributed by atoms with van der Waals surface area (Å²) in [5.41, 5.74) is 2.79. The van der Waals surface area contributed by atoms with Crippen LogP contribution in [0.2, 0.25) is 5.02 Å². The summed E-state index contributed by atoms with van der Waals surface area (Å²) < 4.78 is 10.7. The molecule has 1 aromatic heterocycles. The van der Waals surface area contributed by atoms with Gasteiger partial charge in [-0.15, -0.1) is 0 Å². The molecule has 1 aliphatic heterocycles. The lowest BCUT2D eigenvalue weighted by atomic mass is 10.2. The molecule has 2 heterocycles. The monoisotopic (exact) mass is 368 g/mol. The van der Waals surface area contributed by atoms with E-state index in [0.29, 0.717) is 23.3 Å². The zero-order chi connectivity index (χ0) is 17.9. The van der Waals surface area contributed by atoms with E-state index in [9.17, 15) is 0 Å². The average molecular weight is 369 g/mol. The molecule has 26 heavy (non-hydrogen) atoms. The van der Waals surface area contributed by atoms with E-state index < -0.39 is 0 Å². The zero-order valence-electron chi connectivity index (χ0n) is 14.1. The maximum absolute atomic E-state index is 6.03. The Bertz CT molecular complexity index is 949. The molecule has 0 aliphatic carbocycles. The van der Waals surface area contributed by atoms with Crippen LogP contribution in [0.15, 0.2) is 48.5 Å². The molecule has 1 aliphatic rings. The quantitative estimate of drug-likeness (QED) is 0.690. The molecule has 6 nitrogen and oxygen atoms in total. The van der Waals surface area contributed by atoms with Crippen molar-refractivity contribution < 1.29 is 9.47 Å². The lowest BCUT2D eigenvalue weighted by molar-refractivity contribution is 0.174. The smallest absolute Gasteiger partial charge is 0.231 e. The summed E-state index contributed by atoms with van der Waals surface area (Å²) >= 11 is 6.03. The van der Waals surface area contributed by atoms with Crippen molar-refractivity contribution in [2.45, 2.75) is 13.5 Å². The predicted octanol–water partition coefficient (Wildman–Crippen LogP) is 4.52. The van der Waals surface area contributed by atoms with Gasteiger partial charge in [-0.2, -0.15) is 4.98 Å². The van der Waals surface area contributed by atoms with Crippen molar-refractivity contribution in [1.29, 1.82) is 0 Å². The number of nitrogens with one attached hydrogen (secondary N) is 2. The van der Waals surface area contributed by atoms with E-state index in [2.05, 4.69) is 20.6 Å². The van der Waals surface area contributed by atoms with Crippen LogP contribution in [0.1, 0.15) is 11.3 Å². The van der Waals surface area contributed by atoms with Crippen molar-refractivity contribution in [3.05, 3.63) is 64.8 Å². The van der Waals surface area contributed by atoms with Crippen LogP contribution in [0.3, 0.4) is 0 Å². The molecule has 0 unspecified atom stereocenters. The van der Waals surface area contributed by atoms with Crippen LogP contribution in [0.4, 0.5) is 17.5 Å². The SMILES string of the molecule is Cc1cc(Nc2cccc(Cl)c2)nc(NCc2ccc3c(c2)OCO3)n1. The number of nitrogens with zero attached hydrogens (tertiary/aromatic N) is 2. The van der Waals surface area contributed by atoms with Crippen LogP contribution >= 0.6 is 11.6 Å². The van der Waals surface area contributed by atoms with Gasteiger partial charge >= 0.3 is 0 Å². The van der Waals surface area contributed by atoms with Gasteiger partial charge in [0.05, 0.1) is 0 Å². The summed E-state index contributed by atoms with van der Waals surface area (Å²) in [7, 11) is 0. The van der Waals surface area contributed by atoms with E-state index >= 15 is 0 Å². The Morgan fingerprint density at radius 1 is 1.04 bits per heavy atom. The number of aromatic nitrogens is 2. The van der Waals surface area contributed by atoms with Crippen LogP contribution in [0.5, 0.6) is 11.5 Å². The standard InChI is InChI=1S/C19H17ClN4O2/c1-12-7-18(23-15-4-2-3-14(20)9-15)24-19(22-12)21-10-13-5-6-16-17(8-13)26-11-25-16/h2-9H,10-11H2,1H3,(H2,21,22,23,24). The van der Waals surface area contributed by atoms with Gasteiger partial charge in [0, 0.05) is 29.0 Å². The first-order valence-corrected chi connectivity index (χ1v) is 8.54. The van der Waals surface area contributed by atoms with Crippen molar-refractivity contribution in [1.82, 2.24) is 9.97 Å². The second kappa shape index (κ2) is 7.09. The third-order valence-corrected chi connectivity index (χ3v) is 4.07. The lowest BCUT2D eigenvalue weighted by Crippen LogP contribution is -2.06. The molecule has 0 saturated heterocycles. The maximum atomic E-state index is 6.03. The fourth-order valence-corrected chi connectivity index (χ4v) is 2.85. The highest BCUT2D eigenvalue weighted by Crippen LogP contribution is 2.32. The molecular weight excluding hydrogens is 352 g/mol. The second-order valence-corrected chi connectivity index (χ2v) is 6.33. The Kier molecular flexibility index (Phi) is 4.50. The van der Waals surface area contributed by atoms with Gasteiger partial charge in [0.1, 0.15) is 5.82 Å². The van der Waals surface area contributed by atoms with E-state index in [1.165, 1.54) is 0 Å². The molecule has 3 aromatic rings. The van der Waals surface area contributed by atoms with Gasteiger partial charge in [0.2, 0.25) is 12.7 Å². The minimum absolute atomic E-state index is 0.270. The summed E-state index contributed by atoms with van der Waals surface area (Å²) in [6.45, 7) is 2.78. The molecule has 0 spiro atoms. The number of hydrogen-bond acceptors (Lipinski definition) is 6. The number of rotatable bonds is 5. The van der Waals surface area contributed by atoms with Crippen LogP contribution in [-0.2, 0) is 6.54 Å². The van der Waals surface area contributed by atoms with Gasteiger partial charge in [-0.1, -0.05) is 23.7 Å². The minimum atomic E-state index is 0.270. The summed E-state index contributed by atoms with van der Waals surface area (Å²) in [5.74, 6) is 2.78. The van der Waals surface area contributed by atoms with E-state index in [-0.39, 0.29) is 6.79 Å². The number of halogens is 1. The van der Waals surface area contributed by atoms with E-state index in [1.54, 1.807) is 0 Å².